The van der Waals surface area contributed by atoms with Crippen LogP contribution in [0.15, 0.2) is 97.8 Å². The molecule has 0 aliphatic carbocycles. The molecule has 4 heterocycles. The molecule has 0 saturated carbocycles. The first-order chi connectivity index (χ1) is 22.3. The number of halogens is 6. The zero-order chi connectivity index (χ0) is 33.9. The Morgan fingerprint density at radius 2 is 1.08 bits per heavy atom. The SMILES string of the molecule is COC(=O)c1ncn2cccc(Cc3ccc(C(F)(F)F)cc3)c12.O=C(O)c1ncn2cccc(Cc3ccc(C(F)(F)F)cc3)c12.[Na+].[OH-]. The summed E-state index contributed by atoms with van der Waals surface area (Å²) in [7, 11) is 1.27. The molecule has 0 bridgehead atoms. The van der Waals surface area contributed by atoms with Crippen LogP contribution in [0.1, 0.15) is 54.4 Å². The molecule has 0 fully saturated rings. The summed E-state index contributed by atoms with van der Waals surface area (Å²) < 4.78 is 83.6. The van der Waals surface area contributed by atoms with Crippen molar-refractivity contribution in [1.29, 1.82) is 0 Å². The number of hydrogen-bond donors (Lipinski definition) is 1. The molecule has 0 unspecified atom stereocenters. The molecule has 0 amide bonds. The van der Waals surface area contributed by atoms with Gasteiger partial charge >= 0.3 is 53.8 Å². The van der Waals surface area contributed by atoms with Crippen molar-refractivity contribution in [3.8, 4) is 0 Å². The number of nitrogens with zero attached hydrogens (tertiary/aromatic N) is 4. The molecule has 4 aromatic heterocycles. The van der Waals surface area contributed by atoms with Crippen molar-refractivity contribution in [2.45, 2.75) is 25.2 Å². The van der Waals surface area contributed by atoms with E-state index in [1.165, 1.54) is 44.0 Å². The number of carboxylic acids is 1. The van der Waals surface area contributed by atoms with E-state index in [1.807, 2.05) is 0 Å². The summed E-state index contributed by atoms with van der Waals surface area (Å²) in [6, 6.07) is 16.8. The van der Waals surface area contributed by atoms with Gasteiger partial charge in [-0.15, -0.1) is 0 Å². The average Bonchev–Trinajstić information content (AvgIpc) is 3.67. The Hall–Kier alpha value is -4.70. The Morgan fingerprint density at radius 3 is 1.45 bits per heavy atom. The van der Waals surface area contributed by atoms with Crippen LogP contribution in [0.4, 0.5) is 26.3 Å². The van der Waals surface area contributed by atoms with Gasteiger partial charge in [0, 0.05) is 12.4 Å². The van der Waals surface area contributed by atoms with Gasteiger partial charge in [-0.1, -0.05) is 36.4 Å². The van der Waals surface area contributed by atoms with Crippen LogP contribution in [0, 0.1) is 0 Å². The van der Waals surface area contributed by atoms with E-state index in [4.69, 9.17) is 4.74 Å². The van der Waals surface area contributed by atoms with Crippen LogP contribution in [-0.2, 0) is 29.9 Å². The van der Waals surface area contributed by atoms with Crippen LogP contribution in [-0.4, -0.2) is 48.4 Å². The van der Waals surface area contributed by atoms with Gasteiger partial charge in [0.15, 0.2) is 11.4 Å². The standard InChI is InChI=1S/C17H13F3N2O2.C16H11F3N2O2.Na.H2O/c1-24-16(23)14-15-12(3-2-8-22(15)10-21-14)9-11-4-6-13(7-5-11)17(18,19)20;17-16(18,19)12-5-3-10(4-6-12)8-11-2-1-7-21-9-20-13(14(11)21)15(22)23;;/h2-8,10H,9H2,1H3;1-7,9H,8H2,(H,22,23);;1H2/q;;+1;/p-1. The third-order valence-corrected chi connectivity index (χ3v) is 7.22. The number of aromatic nitrogens is 4. The Balaban J connectivity index is 0.000000255. The Labute approximate surface area is 296 Å². The van der Waals surface area contributed by atoms with Gasteiger partial charge in [-0.25, -0.2) is 19.6 Å². The number of carbonyl (C=O) groups excluding carboxylic acids is 1. The summed E-state index contributed by atoms with van der Waals surface area (Å²) in [5.41, 5.74) is 2.55. The van der Waals surface area contributed by atoms with Crippen LogP contribution in [0.2, 0.25) is 0 Å². The van der Waals surface area contributed by atoms with Gasteiger partial charge in [0.25, 0.3) is 0 Å². The molecule has 0 aliphatic heterocycles. The van der Waals surface area contributed by atoms with Gasteiger partial charge < -0.3 is 24.1 Å². The quantitative estimate of drug-likeness (QED) is 0.157. The Morgan fingerprint density at radius 1 is 0.694 bits per heavy atom. The van der Waals surface area contributed by atoms with Crippen molar-refractivity contribution >= 4 is 23.0 Å². The second kappa shape index (κ2) is 15.7. The van der Waals surface area contributed by atoms with Crippen molar-refractivity contribution < 1.29 is 80.8 Å². The molecule has 49 heavy (non-hydrogen) atoms. The summed E-state index contributed by atoms with van der Waals surface area (Å²) in [5, 5.41) is 9.19. The van der Waals surface area contributed by atoms with E-state index in [1.54, 1.807) is 45.5 Å². The number of aromatic carboxylic acids is 1. The number of hydrogen-bond acceptors (Lipinski definition) is 6. The van der Waals surface area contributed by atoms with Crippen molar-refractivity contribution in [3.05, 3.63) is 143 Å². The second-order valence-corrected chi connectivity index (χ2v) is 10.3. The minimum atomic E-state index is -4.37. The number of esters is 1. The van der Waals surface area contributed by atoms with Crippen molar-refractivity contribution in [2.24, 2.45) is 0 Å². The van der Waals surface area contributed by atoms with Crippen LogP contribution < -0.4 is 29.6 Å². The van der Waals surface area contributed by atoms with Crippen LogP contribution in [0.3, 0.4) is 0 Å². The largest absolute Gasteiger partial charge is 1.00 e. The molecule has 6 aromatic rings. The number of benzene rings is 2. The molecule has 0 radical (unpaired) electrons. The number of alkyl halides is 6. The fourth-order valence-corrected chi connectivity index (χ4v) is 5.00. The van der Waals surface area contributed by atoms with E-state index in [2.05, 4.69) is 9.97 Å². The maximum absolute atomic E-state index is 12.6. The molecule has 0 atom stereocenters. The smallest absolute Gasteiger partial charge is 0.870 e. The van der Waals surface area contributed by atoms with Crippen LogP contribution >= 0.6 is 0 Å². The van der Waals surface area contributed by atoms with Crippen LogP contribution in [0.25, 0.3) is 11.0 Å². The Kier molecular flexibility index (Phi) is 12.4. The third kappa shape index (κ3) is 8.86. The summed E-state index contributed by atoms with van der Waals surface area (Å²) in [6.45, 7) is 0. The van der Waals surface area contributed by atoms with E-state index in [0.29, 0.717) is 40.6 Å². The van der Waals surface area contributed by atoms with Crippen molar-refractivity contribution in [3.63, 3.8) is 0 Å². The first-order valence-corrected chi connectivity index (χ1v) is 13.8. The fourth-order valence-electron chi connectivity index (χ4n) is 5.00. The number of pyridine rings is 2. The predicted octanol–water partition coefficient (Wildman–Crippen LogP) is 4.20. The van der Waals surface area contributed by atoms with Gasteiger partial charge in [0.2, 0.25) is 0 Å². The second-order valence-electron chi connectivity index (χ2n) is 10.3. The minimum absolute atomic E-state index is 0. The van der Waals surface area contributed by atoms with Gasteiger partial charge in [-0.05, 0) is 71.5 Å². The first-order valence-electron chi connectivity index (χ1n) is 13.8. The molecule has 9 nitrogen and oxygen atoms in total. The van der Waals surface area contributed by atoms with E-state index in [-0.39, 0.29) is 46.4 Å². The molecule has 2 N–H and O–H groups in total. The van der Waals surface area contributed by atoms with Gasteiger partial charge in [0.1, 0.15) is 12.7 Å². The van der Waals surface area contributed by atoms with Gasteiger partial charge in [0.05, 0.1) is 29.3 Å². The summed E-state index contributed by atoms with van der Waals surface area (Å²) in [4.78, 5) is 31.0. The summed E-state index contributed by atoms with van der Waals surface area (Å²) in [5.74, 6) is -1.70. The minimum Gasteiger partial charge on any atom is -0.870 e. The fraction of sp³-hybridized carbons (Fsp3) is 0.152. The summed E-state index contributed by atoms with van der Waals surface area (Å²) in [6.07, 6.45) is -1.74. The molecular weight excluding hydrogens is 669 g/mol. The molecule has 250 valence electrons. The van der Waals surface area contributed by atoms with Crippen molar-refractivity contribution in [2.75, 3.05) is 7.11 Å². The maximum atomic E-state index is 12.6. The first kappa shape index (κ1) is 38.7. The molecule has 0 spiro atoms. The molecule has 16 heteroatoms. The predicted molar refractivity (Wildman–Crippen MR) is 159 cm³/mol. The Bertz CT molecular complexity index is 2060. The summed E-state index contributed by atoms with van der Waals surface area (Å²) >= 11 is 0. The zero-order valence-electron chi connectivity index (χ0n) is 25.8. The number of fused-ring (bicyclic) bond motifs is 2. The number of methoxy groups -OCH3 is 1. The molecule has 0 aliphatic rings. The number of carboxylic acid groups (broad SMARTS) is 1. The van der Waals surface area contributed by atoms with E-state index in [0.717, 1.165) is 29.8 Å². The van der Waals surface area contributed by atoms with E-state index in [9.17, 15) is 41.0 Å². The average molecular weight is 695 g/mol. The van der Waals surface area contributed by atoms with Gasteiger partial charge in [-0.2, -0.15) is 26.3 Å². The number of rotatable bonds is 6. The van der Waals surface area contributed by atoms with Crippen LogP contribution in [0.5, 0.6) is 0 Å². The maximum Gasteiger partial charge on any atom is 1.00 e. The zero-order valence-corrected chi connectivity index (χ0v) is 27.8. The number of imidazole rings is 2. The van der Waals surface area contributed by atoms with E-state index < -0.39 is 35.4 Å². The molecule has 2 aromatic carbocycles. The monoisotopic (exact) mass is 694 g/mol. The molecule has 6 rings (SSSR count). The topological polar surface area (TPSA) is 128 Å². The number of ether oxygens (including phenoxy) is 1. The number of carbonyl (C=O) groups is 2. The van der Waals surface area contributed by atoms with Crippen molar-refractivity contribution in [1.82, 2.24) is 18.8 Å². The van der Waals surface area contributed by atoms with E-state index >= 15 is 0 Å². The third-order valence-electron chi connectivity index (χ3n) is 7.22. The van der Waals surface area contributed by atoms with Gasteiger partial charge in [-0.3, -0.25) is 0 Å². The molecule has 0 saturated heterocycles. The normalized spacial score (nSPS) is 11.2. The molecular formula is C33H25F6N4NaO5.